The molecule has 7 nitrogen and oxygen atoms in total. The Morgan fingerprint density at radius 3 is 2.41 bits per heavy atom. The van der Waals surface area contributed by atoms with Crippen molar-refractivity contribution in [2.45, 2.75) is 13.1 Å². The van der Waals surface area contributed by atoms with Crippen LogP contribution in [0.2, 0.25) is 0 Å². The summed E-state index contributed by atoms with van der Waals surface area (Å²) in [6, 6.07) is 12.4. The number of likely N-dealkylation sites (N-methyl/N-ethyl adjacent to an activating group) is 1. The molecule has 4 aromatic rings. The van der Waals surface area contributed by atoms with Crippen LogP contribution in [0.25, 0.3) is 16.6 Å². The van der Waals surface area contributed by atoms with Gasteiger partial charge < -0.3 is 15.1 Å². The van der Waals surface area contributed by atoms with Crippen LogP contribution in [0.4, 0.5) is 28.9 Å². The highest BCUT2D eigenvalue weighted by Crippen LogP contribution is 2.32. The lowest BCUT2D eigenvalue weighted by Gasteiger charge is -2.34. The third-order valence-electron chi connectivity index (χ3n) is 6.87. The summed E-state index contributed by atoms with van der Waals surface area (Å²) in [7, 11) is 2.07. The average Bonchev–Trinajstić information content (AvgIpc) is 2.90. The molecule has 1 aliphatic heterocycles. The van der Waals surface area contributed by atoms with Crippen molar-refractivity contribution in [3.63, 3.8) is 0 Å². The molecule has 11 heteroatoms. The first-order chi connectivity index (χ1) is 18.5. The predicted octanol–water partition coefficient (Wildman–Crippen LogP) is 4.86. The van der Waals surface area contributed by atoms with Gasteiger partial charge in [-0.25, -0.2) is 9.37 Å². The molecule has 202 valence electrons. The zero-order valence-corrected chi connectivity index (χ0v) is 21.2. The van der Waals surface area contributed by atoms with Gasteiger partial charge in [-0.1, -0.05) is 6.07 Å². The Bertz CT molecular complexity index is 1630. The van der Waals surface area contributed by atoms with Crippen molar-refractivity contribution in [3.05, 3.63) is 93.8 Å². The SMILES string of the molecule is Cc1ccc(NC(=O)c2ccc(C(F)(F)F)c(F)c2)cc1-n1cnc2ccc(N3CCN(C)CC3)cc2c1=O. The molecule has 0 saturated carbocycles. The molecule has 0 unspecified atom stereocenters. The molecule has 0 radical (unpaired) electrons. The number of carbonyl (C=O) groups excluding carboxylic acids is 1. The van der Waals surface area contributed by atoms with E-state index in [0.717, 1.165) is 43.5 Å². The van der Waals surface area contributed by atoms with E-state index in [1.165, 1.54) is 10.9 Å². The number of halogens is 4. The molecule has 0 aliphatic carbocycles. The molecule has 0 spiro atoms. The molecule has 0 bridgehead atoms. The lowest BCUT2D eigenvalue weighted by molar-refractivity contribution is -0.140. The number of amides is 1. The van der Waals surface area contributed by atoms with Crippen LogP contribution in [0.3, 0.4) is 0 Å². The highest BCUT2D eigenvalue weighted by molar-refractivity contribution is 6.04. The highest BCUT2D eigenvalue weighted by atomic mass is 19.4. The second kappa shape index (κ2) is 10.1. The summed E-state index contributed by atoms with van der Waals surface area (Å²) in [6.45, 7) is 5.34. The normalized spacial score (nSPS) is 14.6. The second-order valence-electron chi connectivity index (χ2n) is 9.56. The van der Waals surface area contributed by atoms with Gasteiger partial charge in [0, 0.05) is 43.1 Å². The van der Waals surface area contributed by atoms with Gasteiger partial charge in [-0.15, -0.1) is 0 Å². The Kier molecular flexibility index (Phi) is 6.85. The number of aryl methyl sites for hydroxylation is 1. The van der Waals surface area contributed by atoms with Crippen LogP contribution in [0.1, 0.15) is 21.5 Å². The predicted molar refractivity (Wildman–Crippen MR) is 141 cm³/mol. The van der Waals surface area contributed by atoms with E-state index < -0.39 is 23.5 Å². The molecule has 2 heterocycles. The van der Waals surface area contributed by atoms with Crippen LogP contribution in [0, 0.1) is 12.7 Å². The quantitative estimate of drug-likeness (QED) is 0.376. The Hall–Kier alpha value is -4.25. The number of anilines is 2. The van der Waals surface area contributed by atoms with Crippen LogP contribution in [-0.4, -0.2) is 53.6 Å². The lowest BCUT2D eigenvalue weighted by atomic mass is 10.1. The number of carbonyl (C=O) groups is 1. The summed E-state index contributed by atoms with van der Waals surface area (Å²) in [6.07, 6.45) is -3.45. The fourth-order valence-electron chi connectivity index (χ4n) is 4.58. The number of benzene rings is 3. The fraction of sp³-hybridized carbons (Fsp3) is 0.250. The van der Waals surface area contributed by atoms with Crippen molar-refractivity contribution in [3.8, 4) is 5.69 Å². The molecule has 1 saturated heterocycles. The number of hydrogen-bond acceptors (Lipinski definition) is 5. The number of nitrogens with one attached hydrogen (secondary N) is 1. The van der Waals surface area contributed by atoms with Gasteiger partial charge in [-0.05, 0) is 68.1 Å². The number of rotatable bonds is 4. The van der Waals surface area contributed by atoms with Crippen molar-refractivity contribution in [2.75, 3.05) is 43.4 Å². The summed E-state index contributed by atoms with van der Waals surface area (Å²) < 4.78 is 53.9. The second-order valence-corrected chi connectivity index (χ2v) is 9.56. The molecule has 3 aromatic carbocycles. The minimum atomic E-state index is -4.86. The number of hydrogen-bond donors (Lipinski definition) is 1. The molecule has 1 aromatic heterocycles. The van der Waals surface area contributed by atoms with Crippen molar-refractivity contribution < 1.29 is 22.4 Å². The summed E-state index contributed by atoms with van der Waals surface area (Å²) >= 11 is 0. The largest absolute Gasteiger partial charge is 0.419 e. The van der Waals surface area contributed by atoms with E-state index in [9.17, 15) is 27.2 Å². The molecule has 1 amide bonds. The van der Waals surface area contributed by atoms with Gasteiger partial charge >= 0.3 is 6.18 Å². The zero-order valence-electron chi connectivity index (χ0n) is 21.2. The smallest absolute Gasteiger partial charge is 0.369 e. The van der Waals surface area contributed by atoms with Gasteiger partial charge in [0.15, 0.2) is 0 Å². The molecule has 0 atom stereocenters. The summed E-state index contributed by atoms with van der Waals surface area (Å²) in [5.74, 6) is -2.33. The van der Waals surface area contributed by atoms with Crippen molar-refractivity contribution in [1.29, 1.82) is 0 Å². The first kappa shape index (κ1) is 26.4. The summed E-state index contributed by atoms with van der Waals surface area (Å²) in [5, 5.41) is 3.01. The summed E-state index contributed by atoms with van der Waals surface area (Å²) in [4.78, 5) is 35.1. The van der Waals surface area contributed by atoms with E-state index in [0.29, 0.717) is 28.7 Å². The maximum absolute atomic E-state index is 14.0. The standard InChI is InChI=1S/C28H25F4N5O2/c1-17-3-5-19(34-26(38)18-4-7-22(23(29)13-18)28(30,31)32)14-25(17)37-16-33-24-8-6-20(15-21(24)27(37)39)36-11-9-35(2)10-12-36/h3-8,13-16H,9-12H2,1-2H3,(H,34,38). The van der Waals surface area contributed by atoms with Crippen LogP contribution < -0.4 is 15.8 Å². The Morgan fingerprint density at radius 2 is 1.72 bits per heavy atom. The van der Waals surface area contributed by atoms with Crippen molar-refractivity contribution >= 4 is 28.2 Å². The topological polar surface area (TPSA) is 70.5 Å². The molecular weight excluding hydrogens is 514 g/mol. The van der Waals surface area contributed by atoms with Gasteiger partial charge in [0.1, 0.15) is 12.1 Å². The Balaban J connectivity index is 1.45. The molecule has 5 rings (SSSR count). The van der Waals surface area contributed by atoms with Crippen LogP contribution in [-0.2, 0) is 6.18 Å². The van der Waals surface area contributed by atoms with Crippen LogP contribution >= 0.6 is 0 Å². The monoisotopic (exact) mass is 539 g/mol. The first-order valence-electron chi connectivity index (χ1n) is 12.3. The molecule has 1 fully saturated rings. The maximum Gasteiger partial charge on any atom is 0.419 e. The molecule has 1 aliphatic rings. The summed E-state index contributed by atoms with van der Waals surface area (Å²) in [5.41, 5.74) is 0.961. The van der Waals surface area contributed by atoms with E-state index in [4.69, 9.17) is 0 Å². The lowest BCUT2D eigenvalue weighted by Crippen LogP contribution is -2.44. The zero-order chi connectivity index (χ0) is 27.9. The number of alkyl halides is 3. The highest BCUT2D eigenvalue weighted by Gasteiger charge is 2.34. The van der Waals surface area contributed by atoms with E-state index in [1.54, 1.807) is 25.1 Å². The number of aromatic nitrogens is 2. The first-order valence-corrected chi connectivity index (χ1v) is 12.3. The number of piperazine rings is 1. The Morgan fingerprint density at radius 1 is 0.974 bits per heavy atom. The van der Waals surface area contributed by atoms with Gasteiger partial charge in [-0.2, -0.15) is 13.2 Å². The number of fused-ring (bicyclic) bond motifs is 1. The third kappa shape index (κ3) is 5.35. The van der Waals surface area contributed by atoms with E-state index in [1.807, 2.05) is 18.2 Å². The van der Waals surface area contributed by atoms with Gasteiger partial charge in [0.05, 0.1) is 22.2 Å². The molecular formula is C28H25F4N5O2. The fourth-order valence-corrected chi connectivity index (χ4v) is 4.58. The van der Waals surface area contributed by atoms with E-state index >= 15 is 0 Å². The van der Waals surface area contributed by atoms with Crippen molar-refractivity contribution in [1.82, 2.24) is 14.5 Å². The molecule has 39 heavy (non-hydrogen) atoms. The molecule has 1 N–H and O–H groups in total. The van der Waals surface area contributed by atoms with Crippen LogP contribution in [0.5, 0.6) is 0 Å². The average molecular weight is 540 g/mol. The third-order valence-corrected chi connectivity index (χ3v) is 6.87. The number of nitrogens with zero attached hydrogens (tertiary/aromatic N) is 4. The van der Waals surface area contributed by atoms with Gasteiger partial charge in [0.2, 0.25) is 0 Å². The maximum atomic E-state index is 14.0. The van der Waals surface area contributed by atoms with Gasteiger partial charge in [0.25, 0.3) is 11.5 Å². The van der Waals surface area contributed by atoms with E-state index in [2.05, 4.69) is 27.1 Å². The van der Waals surface area contributed by atoms with Gasteiger partial charge in [-0.3, -0.25) is 14.2 Å². The Labute approximate surface area is 221 Å². The minimum absolute atomic E-state index is 0.274. The minimum Gasteiger partial charge on any atom is -0.369 e. The van der Waals surface area contributed by atoms with Crippen molar-refractivity contribution in [2.24, 2.45) is 0 Å². The van der Waals surface area contributed by atoms with E-state index in [-0.39, 0.29) is 16.8 Å². The van der Waals surface area contributed by atoms with Crippen LogP contribution in [0.15, 0.2) is 65.7 Å².